The first-order valence-electron chi connectivity index (χ1n) is 10.3. The number of hydrogen-bond donors (Lipinski definition) is 0. The fourth-order valence-corrected chi connectivity index (χ4v) is 4.70. The number of benzene rings is 1. The zero-order valence-electron chi connectivity index (χ0n) is 18.9. The van der Waals surface area contributed by atoms with Gasteiger partial charge in [0.2, 0.25) is 0 Å². The summed E-state index contributed by atoms with van der Waals surface area (Å²) in [6, 6.07) is 4.50. The third-order valence-electron chi connectivity index (χ3n) is 5.82. The van der Waals surface area contributed by atoms with Crippen LogP contribution in [0.1, 0.15) is 91.3 Å². The van der Waals surface area contributed by atoms with Crippen molar-refractivity contribution in [3.05, 3.63) is 28.8 Å². The van der Waals surface area contributed by atoms with Crippen molar-refractivity contribution in [2.45, 2.75) is 92.4 Å². The Labute approximate surface area is 168 Å². The predicted octanol–water partition coefficient (Wildman–Crippen LogP) is 7.44. The van der Waals surface area contributed by atoms with E-state index in [1.807, 2.05) is 0 Å². The molecule has 3 nitrogen and oxygen atoms in total. The fraction of sp³-hybridized carbons (Fsp3) is 0.739. The first kappa shape index (κ1) is 22.7. The molecule has 1 aromatic carbocycles. The maximum atomic E-state index is 6.51. The minimum absolute atomic E-state index is 0.0148. The van der Waals surface area contributed by atoms with Gasteiger partial charge in [0, 0.05) is 11.1 Å². The van der Waals surface area contributed by atoms with Crippen LogP contribution in [0.5, 0.6) is 5.75 Å². The van der Waals surface area contributed by atoms with Crippen LogP contribution in [-0.2, 0) is 19.9 Å². The Hall–Kier alpha value is -0.630. The molecule has 1 aliphatic heterocycles. The molecular weight excluding hydrogens is 355 g/mol. The van der Waals surface area contributed by atoms with Crippen LogP contribution in [0, 0.1) is 12.3 Å². The van der Waals surface area contributed by atoms with Gasteiger partial charge in [0.15, 0.2) is 0 Å². The van der Waals surface area contributed by atoms with Crippen LogP contribution in [0.2, 0.25) is 0 Å². The summed E-state index contributed by atoms with van der Waals surface area (Å²) in [5, 5.41) is 0. The summed E-state index contributed by atoms with van der Waals surface area (Å²) in [6.45, 7) is 21.5. The van der Waals surface area contributed by atoms with Crippen molar-refractivity contribution >= 4 is 8.60 Å². The monoisotopic (exact) mass is 394 g/mol. The highest BCUT2D eigenvalue weighted by Gasteiger charge is 2.35. The van der Waals surface area contributed by atoms with Crippen LogP contribution in [0.15, 0.2) is 12.1 Å². The first-order valence-corrected chi connectivity index (χ1v) is 11.4. The molecule has 154 valence electrons. The van der Waals surface area contributed by atoms with Crippen LogP contribution in [0.4, 0.5) is 0 Å². The van der Waals surface area contributed by atoms with Crippen LogP contribution >= 0.6 is 8.60 Å². The molecule has 1 unspecified atom stereocenters. The molecule has 2 rings (SSSR count). The average Bonchev–Trinajstić information content (AvgIpc) is 2.77. The van der Waals surface area contributed by atoms with E-state index in [-0.39, 0.29) is 16.2 Å². The highest BCUT2D eigenvalue weighted by molar-refractivity contribution is 7.42. The third kappa shape index (κ3) is 5.46. The maximum Gasteiger partial charge on any atom is 0.397 e. The van der Waals surface area contributed by atoms with Crippen molar-refractivity contribution < 1.29 is 13.6 Å². The lowest BCUT2D eigenvalue weighted by molar-refractivity contribution is 0.137. The van der Waals surface area contributed by atoms with Crippen molar-refractivity contribution in [2.75, 3.05) is 13.2 Å². The lowest BCUT2D eigenvalue weighted by Crippen LogP contribution is -2.24. The van der Waals surface area contributed by atoms with E-state index in [1.165, 1.54) is 16.7 Å². The molecule has 1 aromatic rings. The van der Waals surface area contributed by atoms with Crippen molar-refractivity contribution in [3.63, 3.8) is 0 Å². The number of aryl methyl sites for hydroxylation is 1. The number of rotatable bonds is 4. The van der Waals surface area contributed by atoms with Gasteiger partial charge in [0.1, 0.15) is 5.75 Å². The molecular formula is C23H39O3P. The van der Waals surface area contributed by atoms with Crippen LogP contribution in [0.25, 0.3) is 0 Å². The van der Waals surface area contributed by atoms with Crippen LogP contribution in [0.3, 0.4) is 0 Å². The summed E-state index contributed by atoms with van der Waals surface area (Å²) in [5.74, 6) is 0.951. The van der Waals surface area contributed by atoms with Gasteiger partial charge in [-0.15, -0.1) is 0 Å². The maximum absolute atomic E-state index is 6.51. The van der Waals surface area contributed by atoms with Crippen molar-refractivity contribution in [1.29, 1.82) is 0 Å². The van der Waals surface area contributed by atoms with E-state index in [9.17, 15) is 0 Å². The molecule has 0 saturated carbocycles. The predicted molar refractivity (Wildman–Crippen MR) is 116 cm³/mol. The van der Waals surface area contributed by atoms with E-state index >= 15 is 0 Å². The first-order chi connectivity index (χ1) is 12.4. The normalized spacial score (nSPS) is 21.0. The molecule has 1 atom stereocenters. The van der Waals surface area contributed by atoms with E-state index in [2.05, 4.69) is 74.4 Å². The van der Waals surface area contributed by atoms with Gasteiger partial charge in [-0.3, -0.25) is 0 Å². The van der Waals surface area contributed by atoms with E-state index in [0.29, 0.717) is 13.2 Å². The Morgan fingerprint density at radius 2 is 1.48 bits per heavy atom. The Kier molecular flexibility index (Phi) is 7.04. The van der Waals surface area contributed by atoms with Gasteiger partial charge in [0.25, 0.3) is 0 Å². The van der Waals surface area contributed by atoms with E-state index in [0.717, 1.165) is 25.0 Å². The molecule has 0 N–H and O–H groups in total. The zero-order chi connectivity index (χ0) is 20.5. The summed E-state index contributed by atoms with van der Waals surface area (Å²) in [4.78, 5) is 0. The van der Waals surface area contributed by atoms with E-state index in [4.69, 9.17) is 13.6 Å². The molecule has 0 spiro atoms. The molecule has 1 fully saturated rings. The minimum Gasteiger partial charge on any atom is -0.426 e. The highest BCUT2D eigenvalue weighted by atomic mass is 31.2. The third-order valence-corrected chi connectivity index (χ3v) is 6.89. The summed E-state index contributed by atoms with van der Waals surface area (Å²) in [6.07, 6.45) is 3.26. The standard InChI is InChI=1S/C23H39O3P/c1-10-23(11-2)12-13-24-27(25-16-23)26-20-18(21(4,5)6)14-17(3)15-19(20)22(7,8)9/h14-15H,10-13,16H2,1-9H3. The topological polar surface area (TPSA) is 27.7 Å². The zero-order valence-corrected chi connectivity index (χ0v) is 19.8. The van der Waals surface area contributed by atoms with E-state index < -0.39 is 8.60 Å². The summed E-state index contributed by atoms with van der Waals surface area (Å²) in [7, 11) is -1.38. The Balaban J connectivity index is 2.40. The quantitative estimate of drug-likeness (QED) is 0.497. The molecule has 0 aliphatic carbocycles. The molecule has 1 aliphatic rings. The lowest BCUT2D eigenvalue weighted by Gasteiger charge is -2.31. The minimum atomic E-state index is -1.38. The molecule has 1 saturated heterocycles. The average molecular weight is 395 g/mol. The Morgan fingerprint density at radius 3 is 1.93 bits per heavy atom. The second-order valence-corrected chi connectivity index (χ2v) is 11.2. The molecule has 4 heteroatoms. The van der Waals surface area contributed by atoms with E-state index in [1.54, 1.807) is 0 Å². The van der Waals surface area contributed by atoms with Crippen molar-refractivity contribution in [1.82, 2.24) is 0 Å². The van der Waals surface area contributed by atoms with Crippen molar-refractivity contribution in [2.24, 2.45) is 5.41 Å². The summed E-state index contributed by atoms with van der Waals surface area (Å²) < 4.78 is 18.8. The molecule has 0 bridgehead atoms. The molecule has 27 heavy (non-hydrogen) atoms. The van der Waals surface area contributed by atoms with Crippen molar-refractivity contribution in [3.8, 4) is 5.75 Å². The Bertz CT molecular complexity index is 601. The summed E-state index contributed by atoms with van der Waals surface area (Å²) >= 11 is 0. The largest absolute Gasteiger partial charge is 0.426 e. The van der Waals surface area contributed by atoms with Gasteiger partial charge >= 0.3 is 8.60 Å². The Morgan fingerprint density at radius 1 is 0.963 bits per heavy atom. The molecule has 0 radical (unpaired) electrons. The molecule has 0 amide bonds. The fourth-order valence-electron chi connectivity index (χ4n) is 3.56. The lowest BCUT2D eigenvalue weighted by atomic mass is 9.78. The van der Waals surface area contributed by atoms with Crippen LogP contribution < -0.4 is 4.52 Å². The summed E-state index contributed by atoms with van der Waals surface area (Å²) in [5.41, 5.74) is 3.90. The smallest absolute Gasteiger partial charge is 0.397 e. The number of hydrogen-bond acceptors (Lipinski definition) is 3. The van der Waals surface area contributed by atoms with Gasteiger partial charge in [0.05, 0.1) is 13.2 Å². The second kappa shape index (κ2) is 8.39. The van der Waals surface area contributed by atoms with Gasteiger partial charge in [-0.05, 0) is 42.4 Å². The molecule has 0 aromatic heterocycles. The highest BCUT2D eigenvalue weighted by Crippen LogP contribution is 2.51. The van der Waals surface area contributed by atoms with Gasteiger partial charge in [-0.1, -0.05) is 73.1 Å². The van der Waals surface area contributed by atoms with Gasteiger partial charge < -0.3 is 13.6 Å². The SMILES string of the molecule is CCC1(CC)CCOP(Oc2c(C(C)(C)C)cc(C)cc2C(C)(C)C)OC1. The second-order valence-electron chi connectivity index (χ2n) is 10.1. The van der Waals surface area contributed by atoms with Gasteiger partial charge in [-0.25, -0.2) is 0 Å². The van der Waals surface area contributed by atoms with Gasteiger partial charge in [-0.2, -0.15) is 0 Å². The molecule has 1 heterocycles. The van der Waals surface area contributed by atoms with Crippen LogP contribution in [-0.4, -0.2) is 13.2 Å².